The highest BCUT2D eigenvalue weighted by Crippen LogP contribution is 2.19. The molecule has 1 heterocycles. The zero-order valence-electron chi connectivity index (χ0n) is 10.4. The van der Waals surface area contributed by atoms with Crippen molar-refractivity contribution in [3.8, 4) is 0 Å². The van der Waals surface area contributed by atoms with E-state index in [1.165, 1.54) is 30.5 Å². The molecule has 0 spiro atoms. The predicted molar refractivity (Wildman–Crippen MR) is 75.3 cm³/mol. The first-order valence-electron chi connectivity index (χ1n) is 6.39. The van der Waals surface area contributed by atoms with Gasteiger partial charge in [0.1, 0.15) is 5.82 Å². The second-order valence-electron chi connectivity index (χ2n) is 4.98. The first kappa shape index (κ1) is 12.8. The molecule has 0 amide bonds. The Morgan fingerprint density at radius 1 is 1.32 bits per heavy atom. The van der Waals surface area contributed by atoms with E-state index in [1.807, 2.05) is 23.1 Å². The van der Waals surface area contributed by atoms with Crippen LogP contribution in [0.3, 0.4) is 0 Å². The van der Waals surface area contributed by atoms with Gasteiger partial charge >= 0.3 is 0 Å². The van der Waals surface area contributed by atoms with Crippen LogP contribution in [-0.2, 0) is 13.1 Å². The molecule has 0 bridgehead atoms. The van der Waals surface area contributed by atoms with Gasteiger partial charge in [-0.3, -0.25) is 4.68 Å². The minimum atomic E-state index is -0.229. The molecule has 0 unspecified atom stereocenters. The van der Waals surface area contributed by atoms with Crippen molar-refractivity contribution in [2.45, 2.75) is 32.0 Å². The standard InChI is InChI=1S/C14H15BrFN3/c15-12-3-10(4-13(16)5-12)8-19-9-11(7-18-19)6-17-14-1-2-14/h3-5,7,9,14,17H,1-2,6,8H2. The van der Waals surface area contributed by atoms with Crippen molar-refractivity contribution in [2.75, 3.05) is 0 Å². The summed E-state index contributed by atoms with van der Waals surface area (Å²) in [5.41, 5.74) is 2.07. The lowest BCUT2D eigenvalue weighted by Crippen LogP contribution is -2.14. The van der Waals surface area contributed by atoms with Crippen LogP contribution in [0, 0.1) is 5.82 Å². The quantitative estimate of drug-likeness (QED) is 0.916. The Labute approximate surface area is 119 Å². The van der Waals surface area contributed by atoms with Crippen molar-refractivity contribution >= 4 is 15.9 Å². The number of aromatic nitrogens is 2. The topological polar surface area (TPSA) is 29.9 Å². The maximum atomic E-state index is 13.3. The monoisotopic (exact) mass is 323 g/mol. The Morgan fingerprint density at radius 3 is 2.89 bits per heavy atom. The molecule has 100 valence electrons. The number of rotatable bonds is 5. The second kappa shape index (κ2) is 5.43. The van der Waals surface area contributed by atoms with Gasteiger partial charge in [0.25, 0.3) is 0 Å². The van der Waals surface area contributed by atoms with Crippen LogP contribution >= 0.6 is 15.9 Å². The van der Waals surface area contributed by atoms with Crippen LogP contribution in [0.5, 0.6) is 0 Å². The molecular formula is C14H15BrFN3. The van der Waals surface area contributed by atoms with Crippen molar-refractivity contribution in [1.29, 1.82) is 0 Å². The zero-order chi connectivity index (χ0) is 13.2. The summed E-state index contributed by atoms with van der Waals surface area (Å²) in [6.45, 7) is 1.44. The molecule has 5 heteroatoms. The fourth-order valence-corrected chi connectivity index (χ4v) is 2.54. The summed E-state index contributed by atoms with van der Waals surface area (Å²) in [5.74, 6) is -0.229. The van der Waals surface area contributed by atoms with Crippen molar-refractivity contribution in [1.82, 2.24) is 15.1 Å². The molecule has 1 aromatic carbocycles. The van der Waals surface area contributed by atoms with Gasteiger partial charge in [-0.2, -0.15) is 5.10 Å². The highest BCUT2D eigenvalue weighted by atomic mass is 79.9. The minimum Gasteiger partial charge on any atom is -0.310 e. The molecule has 1 saturated carbocycles. The van der Waals surface area contributed by atoms with Gasteiger partial charge in [0.05, 0.1) is 12.7 Å². The van der Waals surface area contributed by atoms with E-state index in [4.69, 9.17) is 0 Å². The summed E-state index contributed by atoms with van der Waals surface area (Å²) < 4.78 is 15.9. The van der Waals surface area contributed by atoms with Gasteiger partial charge in [-0.25, -0.2) is 4.39 Å². The smallest absolute Gasteiger partial charge is 0.124 e. The van der Waals surface area contributed by atoms with E-state index in [9.17, 15) is 4.39 Å². The lowest BCUT2D eigenvalue weighted by atomic mass is 10.2. The molecule has 0 saturated heterocycles. The van der Waals surface area contributed by atoms with Crippen molar-refractivity contribution < 1.29 is 4.39 Å². The van der Waals surface area contributed by atoms with Gasteiger partial charge in [0, 0.05) is 28.8 Å². The van der Waals surface area contributed by atoms with Crippen LogP contribution in [0.1, 0.15) is 24.0 Å². The highest BCUT2D eigenvalue weighted by Gasteiger charge is 2.20. The fourth-order valence-electron chi connectivity index (χ4n) is 2.02. The van der Waals surface area contributed by atoms with E-state index >= 15 is 0 Å². The first-order chi connectivity index (χ1) is 9.19. The molecular weight excluding hydrogens is 309 g/mol. The molecule has 1 fully saturated rings. The summed E-state index contributed by atoms with van der Waals surface area (Å²) >= 11 is 3.30. The minimum absolute atomic E-state index is 0.229. The van der Waals surface area contributed by atoms with Crippen molar-refractivity contribution in [3.05, 3.63) is 52.0 Å². The van der Waals surface area contributed by atoms with Gasteiger partial charge in [-0.1, -0.05) is 15.9 Å². The highest BCUT2D eigenvalue weighted by molar-refractivity contribution is 9.10. The Bertz CT molecular complexity index is 558. The van der Waals surface area contributed by atoms with Gasteiger partial charge < -0.3 is 5.32 Å². The van der Waals surface area contributed by atoms with E-state index in [0.717, 1.165) is 16.6 Å². The maximum Gasteiger partial charge on any atom is 0.124 e. The van der Waals surface area contributed by atoms with E-state index in [-0.39, 0.29) is 5.82 Å². The van der Waals surface area contributed by atoms with Gasteiger partial charge in [0.2, 0.25) is 0 Å². The SMILES string of the molecule is Fc1cc(Br)cc(Cn2cc(CNC3CC3)cn2)c1. The van der Waals surface area contributed by atoms with Gasteiger partial charge in [-0.15, -0.1) is 0 Å². The Morgan fingerprint density at radius 2 is 2.16 bits per heavy atom. The molecule has 1 aliphatic rings. The first-order valence-corrected chi connectivity index (χ1v) is 7.18. The van der Waals surface area contributed by atoms with E-state index in [0.29, 0.717) is 12.6 Å². The summed E-state index contributed by atoms with van der Waals surface area (Å²) in [6, 6.07) is 5.60. The fraction of sp³-hybridized carbons (Fsp3) is 0.357. The summed E-state index contributed by atoms with van der Waals surface area (Å²) in [4.78, 5) is 0. The number of benzene rings is 1. The average Bonchev–Trinajstić information content (AvgIpc) is 3.06. The largest absolute Gasteiger partial charge is 0.310 e. The third-order valence-corrected chi connectivity index (χ3v) is 3.58. The number of nitrogens with zero attached hydrogens (tertiary/aromatic N) is 2. The number of halogens is 2. The van der Waals surface area contributed by atoms with Gasteiger partial charge in [0.15, 0.2) is 0 Å². The molecule has 1 N–H and O–H groups in total. The number of hydrogen-bond acceptors (Lipinski definition) is 2. The van der Waals surface area contributed by atoms with E-state index in [1.54, 1.807) is 0 Å². The maximum absolute atomic E-state index is 13.3. The summed E-state index contributed by atoms with van der Waals surface area (Å²) in [7, 11) is 0. The second-order valence-corrected chi connectivity index (χ2v) is 5.89. The number of nitrogens with one attached hydrogen (secondary N) is 1. The molecule has 19 heavy (non-hydrogen) atoms. The van der Waals surface area contributed by atoms with Crippen LogP contribution in [-0.4, -0.2) is 15.8 Å². The lowest BCUT2D eigenvalue weighted by molar-refractivity contribution is 0.618. The normalized spacial score (nSPS) is 14.8. The predicted octanol–water partition coefficient (Wildman–Crippen LogP) is 3.09. The molecule has 3 nitrogen and oxygen atoms in total. The van der Waals surface area contributed by atoms with Crippen LogP contribution in [0.2, 0.25) is 0 Å². The van der Waals surface area contributed by atoms with Crippen LogP contribution in [0.25, 0.3) is 0 Å². The Hall–Kier alpha value is -1.20. The molecule has 0 aliphatic heterocycles. The molecule has 2 aromatic rings. The lowest BCUT2D eigenvalue weighted by Gasteiger charge is -2.03. The van der Waals surface area contributed by atoms with Crippen molar-refractivity contribution in [2.24, 2.45) is 0 Å². The third-order valence-electron chi connectivity index (χ3n) is 3.13. The average molecular weight is 324 g/mol. The zero-order valence-corrected chi connectivity index (χ0v) is 12.0. The Kier molecular flexibility index (Phi) is 3.66. The van der Waals surface area contributed by atoms with Crippen LogP contribution in [0.15, 0.2) is 35.1 Å². The third kappa shape index (κ3) is 3.64. The Balaban J connectivity index is 1.65. The van der Waals surface area contributed by atoms with Gasteiger partial charge in [-0.05, 0) is 36.6 Å². The van der Waals surface area contributed by atoms with E-state index < -0.39 is 0 Å². The molecule has 1 aliphatic carbocycles. The molecule has 3 rings (SSSR count). The molecule has 0 atom stereocenters. The summed E-state index contributed by atoms with van der Waals surface area (Å²) in [5, 5.41) is 7.76. The molecule has 0 radical (unpaired) electrons. The van der Waals surface area contributed by atoms with E-state index in [2.05, 4.69) is 26.3 Å². The summed E-state index contributed by atoms with van der Waals surface area (Å²) in [6.07, 6.45) is 6.44. The number of hydrogen-bond donors (Lipinski definition) is 1. The van der Waals surface area contributed by atoms with Crippen LogP contribution in [0.4, 0.5) is 4.39 Å². The molecule has 1 aromatic heterocycles. The van der Waals surface area contributed by atoms with Crippen LogP contribution < -0.4 is 5.32 Å². The van der Waals surface area contributed by atoms with Crippen molar-refractivity contribution in [3.63, 3.8) is 0 Å².